The van der Waals surface area contributed by atoms with Crippen molar-refractivity contribution in [3.05, 3.63) is 58.6 Å². The van der Waals surface area contributed by atoms with Crippen molar-refractivity contribution in [2.24, 2.45) is 0 Å². The highest BCUT2D eigenvalue weighted by Crippen LogP contribution is 2.16. The van der Waals surface area contributed by atoms with Gasteiger partial charge in [0, 0.05) is 15.8 Å². The predicted molar refractivity (Wildman–Crippen MR) is 87.2 cm³/mol. The number of benzene rings is 2. The summed E-state index contributed by atoms with van der Waals surface area (Å²) in [6, 6.07) is 15.5. The molecule has 0 aliphatic heterocycles. The van der Waals surface area contributed by atoms with Gasteiger partial charge in [-0.1, -0.05) is 22.0 Å². The van der Waals surface area contributed by atoms with Gasteiger partial charge >= 0.3 is 0 Å². The van der Waals surface area contributed by atoms with Gasteiger partial charge in [0.2, 0.25) is 11.8 Å². The van der Waals surface area contributed by atoms with E-state index in [9.17, 15) is 9.59 Å². The SMILES string of the molecule is N#Cc1ccc(NC(=O)CC(=O)Nc2cccc(Br)c2)cc1. The second-order valence-electron chi connectivity index (χ2n) is 4.47. The summed E-state index contributed by atoms with van der Waals surface area (Å²) in [7, 11) is 0. The third-order valence-corrected chi connectivity index (χ3v) is 3.22. The Hall–Kier alpha value is -2.65. The lowest BCUT2D eigenvalue weighted by Gasteiger charge is -2.07. The Balaban J connectivity index is 1.88. The number of rotatable bonds is 4. The van der Waals surface area contributed by atoms with Crippen LogP contribution >= 0.6 is 15.9 Å². The average molecular weight is 358 g/mol. The number of anilines is 2. The molecule has 0 saturated heterocycles. The highest BCUT2D eigenvalue weighted by atomic mass is 79.9. The molecule has 0 bridgehead atoms. The molecule has 0 saturated carbocycles. The molecule has 0 spiro atoms. The molecular weight excluding hydrogens is 346 g/mol. The zero-order valence-electron chi connectivity index (χ0n) is 11.5. The number of carbonyl (C=O) groups is 2. The molecule has 2 aromatic carbocycles. The van der Waals surface area contributed by atoms with E-state index in [4.69, 9.17) is 5.26 Å². The lowest BCUT2D eigenvalue weighted by atomic mass is 10.2. The minimum Gasteiger partial charge on any atom is -0.326 e. The van der Waals surface area contributed by atoms with Crippen LogP contribution < -0.4 is 10.6 Å². The van der Waals surface area contributed by atoms with Crippen LogP contribution in [0.25, 0.3) is 0 Å². The van der Waals surface area contributed by atoms with E-state index >= 15 is 0 Å². The molecule has 2 N–H and O–H groups in total. The van der Waals surface area contributed by atoms with Crippen molar-refractivity contribution in [2.45, 2.75) is 6.42 Å². The van der Waals surface area contributed by atoms with Crippen LogP contribution in [0.5, 0.6) is 0 Å². The smallest absolute Gasteiger partial charge is 0.233 e. The number of nitrogens with zero attached hydrogens (tertiary/aromatic N) is 1. The second-order valence-corrected chi connectivity index (χ2v) is 5.39. The molecule has 22 heavy (non-hydrogen) atoms. The summed E-state index contributed by atoms with van der Waals surface area (Å²) in [5.74, 6) is -0.818. The Morgan fingerprint density at radius 3 is 2.23 bits per heavy atom. The Morgan fingerprint density at radius 1 is 1.00 bits per heavy atom. The number of halogens is 1. The number of nitrogens with one attached hydrogen (secondary N) is 2. The molecule has 2 amide bonds. The van der Waals surface area contributed by atoms with Crippen LogP contribution in [0.1, 0.15) is 12.0 Å². The lowest BCUT2D eigenvalue weighted by Crippen LogP contribution is -2.21. The number of hydrogen-bond acceptors (Lipinski definition) is 3. The van der Waals surface area contributed by atoms with Gasteiger partial charge in [-0.15, -0.1) is 0 Å². The fraction of sp³-hybridized carbons (Fsp3) is 0.0625. The van der Waals surface area contributed by atoms with Gasteiger partial charge in [-0.3, -0.25) is 9.59 Å². The van der Waals surface area contributed by atoms with Gasteiger partial charge in [-0.05, 0) is 42.5 Å². The van der Waals surface area contributed by atoms with Crippen molar-refractivity contribution in [3.63, 3.8) is 0 Å². The normalized spacial score (nSPS) is 9.64. The Labute approximate surface area is 136 Å². The molecule has 0 unspecified atom stereocenters. The van der Waals surface area contributed by atoms with E-state index < -0.39 is 11.8 Å². The van der Waals surface area contributed by atoms with Gasteiger partial charge in [0.1, 0.15) is 6.42 Å². The van der Waals surface area contributed by atoms with Gasteiger partial charge in [0.15, 0.2) is 0 Å². The molecule has 0 heterocycles. The summed E-state index contributed by atoms with van der Waals surface area (Å²) in [6.07, 6.45) is -0.285. The Kier molecular flexibility index (Phi) is 5.28. The highest BCUT2D eigenvalue weighted by molar-refractivity contribution is 9.10. The van der Waals surface area contributed by atoms with Gasteiger partial charge in [-0.25, -0.2) is 0 Å². The summed E-state index contributed by atoms with van der Waals surface area (Å²) >= 11 is 3.31. The first kappa shape index (κ1) is 15.7. The van der Waals surface area contributed by atoms with Crippen LogP contribution in [-0.2, 0) is 9.59 Å². The maximum atomic E-state index is 11.8. The molecule has 5 nitrogen and oxygen atoms in total. The van der Waals surface area contributed by atoms with E-state index in [1.807, 2.05) is 12.1 Å². The van der Waals surface area contributed by atoms with E-state index in [-0.39, 0.29) is 6.42 Å². The fourth-order valence-corrected chi connectivity index (χ4v) is 2.15. The van der Waals surface area contributed by atoms with Crippen LogP contribution in [0.15, 0.2) is 53.0 Å². The van der Waals surface area contributed by atoms with Crippen LogP contribution in [-0.4, -0.2) is 11.8 Å². The van der Waals surface area contributed by atoms with Gasteiger partial charge in [-0.2, -0.15) is 5.26 Å². The fourth-order valence-electron chi connectivity index (χ4n) is 1.75. The minimum absolute atomic E-state index is 0.285. The van der Waals surface area contributed by atoms with Gasteiger partial charge < -0.3 is 10.6 Å². The maximum absolute atomic E-state index is 11.8. The van der Waals surface area contributed by atoms with Crippen LogP contribution in [0.3, 0.4) is 0 Å². The molecule has 6 heteroatoms. The highest BCUT2D eigenvalue weighted by Gasteiger charge is 2.10. The van der Waals surface area contributed by atoms with E-state index in [2.05, 4.69) is 26.6 Å². The lowest BCUT2D eigenvalue weighted by molar-refractivity contribution is -0.123. The third-order valence-electron chi connectivity index (χ3n) is 2.73. The molecule has 0 aliphatic rings. The van der Waals surface area contributed by atoms with Gasteiger partial charge in [0.05, 0.1) is 11.6 Å². The number of nitriles is 1. The van der Waals surface area contributed by atoms with Crippen molar-refractivity contribution in [1.29, 1.82) is 5.26 Å². The Morgan fingerprint density at radius 2 is 1.64 bits per heavy atom. The molecule has 0 aliphatic carbocycles. The third kappa shape index (κ3) is 4.72. The molecule has 110 valence electrons. The number of carbonyl (C=O) groups excluding carboxylic acids is 2. The van der Waals surface area contributed by atoms with Crippen molar-refractivity contribution in [2.75, 3.05) is 10.6 Å². The van der Waals surface area contributed by atoms with Crippen molar-refractivity contribution >= 4 is 39.1 Å². The predicted octanol–water partition coefficient (Wildman–Crippen LogP) is 3.29. The standard InChI is InChI=1S/C16H12BrN3O2/c17-12-2-1-3-14(8-12)20-16(22)9-15(21)19-13-6-4-11(10-18)5-7-13/h1-8H,9H2,(H,19,21)(H,20,22). The van der Waals surface area contributed by atoms with E-state index in [0.717, 1.165) is 4.47 Å². The first-order valence-electron chi connectivity index (χ1n) is 6.42. The molecule has 0 radical (unpaired) electrons. The van der Waals surface area contributed by atoms with E-state index in [1.54, 1.807) is 42.5 Å². The quantitative estimate of drug-likeness (QED) is 0.823. The second kappa shape index (κ2) is 7.38. The maximum Gasteiger partial charge on any atom is 0.233 e. The monoisotopic (exact) mass is 357 g/mol. The van der Waals surface area contributed by atoms with Crippen LogP contribution in [0.2, 0.25) is 0 Å². The zero-order valence-corrected chi connectivity index (χ0v) is 13.1. The van der Waals surface area contributed by atoms with E-state index in [1.165, 1.54) is 0 Å². The topological polar surface area (TPSA) is 82.0 Å². The molecule has 2 aromatic rings. The Bertz CT molecular complexity index is 736. The molecule has 0 fully saturated rings. The van der Waals surface area contributed by atoms with E-state index in [0.29, 0.717) is 16.9 Å². The first-order chi connectivity index (χ1) is 10.6. The van der Waals surface area contributed by atoms with Gasteiger partial charge in [0.25, 0.3) is 0 Å². The molecular formula is C16H12BrN3O2. The largest absolute Gasteiger partial charge is 0.326 e. The average Bonchev–Trinajstić information content (AvgIpc) is 2.47. The summed E-state index contributed by atoms with van der Waals surface area (Å²) in [4.78, 5) is 23.6. The first-order valence-corrected chi connectivity index (χ1v) is 7.21. The van der Waals surface area contributed by atoms with Crippen LogP contribution in [0.4, 0.5) is 11.4 Å². The summed E-state index contributed by atoms with van der Waals surface area (Å²) < 4.78 is 0.840. The van der Waals surface area contributed by atoms with Crippen molar-refractivity contribution in [1.82, 2.24) is 0 Å². The minimum atomic E-state index is -0.419. The zero-order chi connectivity index (χ0) is 15.9. The van der Waals surface area contributed by atoms with Crippen LogP contribution in [0, 0.1) is 11.3 Å². The molecule has 0 aromatic heterocycles. The number of hydrogen-bond donors (Lipinski definition) is 2. The molecule has 2 rings (SSSR count). The number of amides is 2. The van der Waals surface area contributed by atoms with Crippen molar-refractivity contribution in [3.8, 4) is 6.07 Å². The molecule has 0 atom stereocenters. The summed E-state index contributed by atoms with van der Waals surface area (Å²) in [6.45, 7) is 0. The summed E-state index contributed by atoms with van der Waals surface area (Å²) in [5, 5.41) is 13.9. The van der Waals surface area contributed by atoms with Crippen molar-refractivity contribution < 1.29 is 9.59 Å². The summed E-state index contributed by atoms with van der Waals surface area (Å²) in [5.41, 5.74) is 1.66.